The first-order valence-electron chi connectivity index (χ1n) is 21.6. The second-order valence-electron chi connectivity index (χ2n) is 19.0. The lowest BCUT2D eigenvalue weighted by Crippen LogP contribution is -2.61. The van der Waals surface area contributed by atoms with E-state index in [2.05, 4.69) is 228 Å². The van der Waals surface area contributed by atoms with E-state index in [1.807, 2.05) is 0 Å². The SMILES string of the molecule is Cc1ccccc1-c1cc2c3c(c1)N(c1ccc(C(C)(C)C)cc1-c1ccccc1)c1cc4oc5ccccc5c4cc1B3N(c1ccc(C(C)(C)C)cc1)c1ccccc1-2. The van der Waals surface area contributed by atoms with Crippen LogP contribution in [0.1, 0.15) is 58.2 Å². The van der Waals surface area contributed by atoms with Gasteiger partial charge in [-0.25, -0.2) is 0 Å². The smallest absolute Gasteiger partial charge is 0.333 e. The van der Waals surface area contributed by atoms with Gasteiger partial charge in [0.15, 0.2) is 0 Å². The summed E-state index contributed by atoms with van der Waals surface area (Å²) in [5, 5.41) is 2.26. The van der Waals surface area contributed by atoms with Gasteiger partial charge in [-0.05, 0) is 116 Å². The van der Waals surface area contributed by atoms with E-state index in [1.54, 1.807) is 0 Å². The second kappa shape index (κ2) is 13.6. The van der Waals surface area contributed by atoms with Gasteiger partial charge in [-0.1, -0.05) is 157 Å². The molecule has 0 unspecified atom stereocenters. The number of hydrogen-bond acceptors (Lipinski definition) is 3. The number of rotatable bonds is 4. The van der Waals surface area contributed by atoms with Gasteiger partial charge in [-0.2, -0.15) is 0 Å². The molecule has 0 amide bonds. The van der Waals surface area contributed by atoms with Crippen LogP contribution in [0.25, 0.3) is 55.3 Å². The van der Waals surface area contributed by atoms with Crippen LogP contribution in [-0.2, 0) is 10.8 Å². The minimum atomic E-state index is -0.135. The fraction of sp³-hybridized carbons (Fsp3) is 0.158. The van der Waals surface area contributed by atoms with Gasteiger partial charge in [-0.15, -0.1) is 0 Å². The fourth-order valence-corrected chi connectivity index (χ4v) is 9.90. The highest BCUT2D eigenvalue weighted by molar-refractivity contribution is 6.93. The first-order valence-corrected chi connectivity index (χ1v) is 21.6. The minimum Gasteiger partial charge on any atom is -0.456 e. The van der Waals surface area contributed by atoms with Crippen molar-refractivity contribution in [1.29, 1.82) is 0 Å². The largest absolute Gasteiger partial charge is 0.456 e. The Morgan fingerprint density at radius 3 is 1.87 bits per heavy atom. The van der Waals surface area contributed by atoms with Gasteiger partial charge in [0.1, 0.15) is 11.2 Å². The Morgan fingerprint density at radius 1 is 0.443 bits per heavy atom. The van der Waals surface area contributed by atoms with E-state index in [1.165, 1.54) is 78.1 Å². The summed E-state index contributed by atoms with van der Waals surface area (Å²) >= 11 is 0. The summed E-state index contributed by atoms with van der Waals surface area (Å²) in [7, 11) is 0. The van der Waals surface area contributed by atoms with Crippen LogP contribution in [0.4, 0.5) is 28.4 Å². The van der Waals surface area contributed by atoms with Crippen molar-refractivity contribution in [3.8, 4) is 33.4 Å². The molecule has 0 radical (unpaired) electrons. The third kappa shape index (κ3) is 5.95. The third-order valence-corrected chi connectivity index (χ3v) is 13.1. The normalized spacial score (nSPS) is 13.4. The Morgan fingerprint density at radius 2 is 1.11 bits per heavy atom. The molecule has 3 heterocycles. The van der Waals surface area contributed by atoms with Crippen molar-refractivity contribution in [2.45, 2.75) is 59.3 Å². The molecule has 3 nitrogen and oxygen atoms in total. The summed E-state index contributed by atoms with van der Waals surface area (Å²) in [4.78, 5) is 5.16. The Labute approximate surface area is 360 Å². The molecule has 0 atom stereocenters. The number of anilines is 5. The fourth-order valence-electron chi connectivity index (χ4n) is 9.90. The lowest BCUT2D eigenvalue weighted by molar-refractivity contribution is 0.590. The molecule has 8 aromatic carbocycles. The molecule has 9 aromatic rings. The van der Waals surface area contributed by atoms with Crippen molar-refractivity contribution in [3.63, 3.8) is 0 Å². The summed E-state index contributed by atoms with van der Waals surface area (Å²) in [5.74, 6) is 0. The van der Waals surface area contributed by atoms with Crippen LogP contribution in [0.15, 0.2) is 174 Å². The number of furan rings is 1. The zero-order valence-corrected chi connectivity index (χ0v) is 36.0. The molecule has 61 heavy (non-hydrogen) atoms. The Bertz CT molecular complexity index is 3180. The van der Waals surface area contributed by atoms with Crippen LogP contribution in [-0.4, -0.2) is 6.85 Å². The number of hydrogen-bond donors (Lipinski definition) is 0. The van der Waals surface area contributed by atoms with Crippen LogP contribution in [0.3, 0.4) is 0 Å². The summed E-state index contributed by atoms with van der Waals surface area (Å²) in [6, 6.07) is 63.3. The molecule has 0 fully saturated rings. The molecule has 0 aliphatic carbocycles. The van der Waals surface area contributed by atoms with Crippen LogP contribution in [0.2, 0.25) is 0 Å². The quantitative estimate of drug-likeness (QED) is 0.166. The topological polar surface area (TPSA) is 19.6 Å². The van der Waals surface area contributed by atoms with Gasteiger partial charge in [0.25, 0.3) is 0 Å². The van der Waals surface area contributed by atoms with Gasteiger partial charge in [0, 0.05) is 50.7 Å². The van der Waals surface area contributed by atoms with E-state index >= 15 is 0 Å². The van der Waals surface area contributed by atoms with Crippen LogP contribution < -0.4 is 20.6 Å². The molecule has 2 aliphatic rings. The lowest BCUT2D eigenvalue weighted by atomic mass is 9.43. The minimum absolute atomic E-state index is 0.0367. The molecule has 4 heteroatoms. The summed E-state index contributed by atoms with van der Waals surface area (Å²) in [6.45, 7) is 15.9. The van der Waals surface area contributed by atoms with Crippen molar-refractivity contribution >= 4 is 68.1 Å². The van der Waals surface area contributed by atoms with Gasteiger partial charge >= 0.3 is 6.85 Å². The van der Waals surface area contributed by atoms with Crippen LogP contribution in [0, 0.1) is 6.92 Å². The van der Waals surface area contributed by atoms with E-state index in [0.717, 1.165) is 33.3 Å². The van der Waals surface area contributed by atoms with Gasteiger partial charge < -0.3 is 14.1 Å². The Hall–Kier alpha value is -6.78. The average Bonchev–Trinajstić information content (AvgIpc) is 3.63. The standard InChI is InChI=1S/C57H49BN2O/c1-36-17-11-12-20-42(36)38-31-47-43-21-13-15-23-50(43)60(41-28-25-39(26-29-41)56(2,3)4)58-48-34-46-44-22-14-16-24-53(44)61-54(46)35-51(48)59(52(32-38)55(47)58)49-30-27-40(57(5,6)7)33-45(49)37-18-9-8-10-19-37/h8-35H,1-7H3. The van der Waals surface area contributed by atoms with Gasteiger partial charge in [-0.3, -0.25) is 0 Å². The lowest BCUT2D eigenvalue weighted by Gasteiger charge is -2.46. The zero-order valence-electron chi connectivity index (χ0n) is 36.0. The van der Waals surface area contributed by atoms with E-state index in [9.17, 15) is 0 Å². The third-order valence-electron chi connectivity index (χ3n) is 13.1. The molecule has 1 aromatic heterocycles. The van der Waals surface area contributed by atoms with Crippen molar-refractivity contribution in [2.75, 3.05) is 9.71 Å². The summed E-state index contributed by atoms with van der Waals surface area (Å²) in [5.41, 5.74) is 21.3. The van der Waals surface area contributed by atoms with Crippen molar-refractivity contribution in [3.05, 3.63) is 187 Å². The number of aryl methyl sites for hydroxylation is 1. The predicted molar refractivity (Wildman–Crippen MR) is 260 cm³/mol. The van der Waals surface area contributed by atoms with Crippen LogP contribution in [0.5, 0.6) is 0 Å². The first-order chi connectivity index (χ1) is 29.4. The molecular weight excluding hydrogens is 739 g/mol. The maximum atomic E-state index is 6.76. The van der Waals surface area contributed by atoms with E-state index in [-0.39, 0.29) is 17.7 Å². The Kier molecular flexibility index (Phi) is 8.32. The second-order valence-corrected chi connectivity index (χ2v) is 19.0. The summed E-state index contributed by atoms with van der Waals surface area (Å²) in [6.07, 6.45) is 0. The molecule has 0 saturated heterocycles. The highest BCUT2D eigenvalue weighted by Gasteiger charge is 2.46. The van der Waals surface area contributed by atoms with Gasteiger partial charge in [0.05, 0.1) is 5.69 Å². The molecule has 2 aliphatic heterocycles. The molecular formula is C57H49BN2O. The molecule has 11 rings (SSSR count). The highest BCUT2D eigenvalue weighted by atomic mass is 16.3. The molecule has 0 saturated carbocycles. The monoisotopic (exact) mass is 788 g/mol. The van der Waals surface area contributed by atoms with Crippen LogP contribution >= 0.6 is 0 Å². The number of para-hydroxylation sites is 2. The maximum absolute atomic E-state index is 6.76. The highest BCUT2D eigenvalue weighted by Crippen LogP contribution is 2.51. The van der Waals surface area contributed by atoms with E-state index in [4.69, 9.17) is 4.42 Å². The van der Waals surface area contributed by atoms with Gasteiger partial charge in [0.2, 0.25) is 0 Å². The predicted octanol–water partition coefficient (Wildman–Crippen LogP) is 14.5. The van der Waals surface area contributed by atoms with Crippen molar-refractivity contribution in [1.82, 2.24) is 0 Å². The number of fused-ring (bicyclic) bond motifs is 7. The van der Waals surface area contributed by atoms with E-state index < -0.39 is 0 Å². The number of benzene rings is 8. The van der Waals surface area contributed by atoms with Crippen molar-refractivity contribution < 1.29 is 4.42 Å². The summed E-state index contributed by atoms with van der Waals surface area (Å²) < 4.78 is 6.76. The molecule has 0 bridgehead atoms. The Balaban J connectivity index is 1.29. The number of nitrogens with zero attached hydrogens (tertiary/aromatic N) is 2. The molecule has 296 valence electrons. The molecule has 0 spiro atoms. The molecule has 0 N–H and O–H groups in total. The van der Waals surface area contributed by atoms with E-state index in [0.29, 0.717) is 0 Å². The average molecular weight is 789 g/mol. The zero-order chi connectivity index (χ0) is 41.8. The van der Waals surface area contributed by atoms with Crippen molar-refractivity contribution in [2.24, 2.45) is 0 Å². The first kappa shape index (κ1) is 37.2. The maximum Gasteiger partial charge on any atom is 0.333 e.